The molecule has 0 spiro atoms. The molecule has 3 aromatic rings. The highest BCUT2D eigenvalue weighted by molar-refractivity contribution is 5.89. The molecule has 4 heterocycles. The number of fused-ring (bicyclic) bond motifs is 1. The number of pyridine rings is 1. The molecule has 1 saturated carbocycles. The number of nitrogens with zero attached hydrogens (tertiary/aromatic N) is 6. The fourth-order valence-electron chi connectivity index (χ4n) is 4.04. The highest BCUT2D eigenvalue weighted by Crippen LogP contribution is 2.39. The number of aryl methyl sites for hydroxylation is 1. The van der Waals surface area contributed by atoms with Crippen LogP contribution in [-0.4, -0.2) is 61.1 Å². The Morgan fingerprint density at radius 1 is 1.26 bits per heavy atom. The molecule has 10 heteroatoms. The third kappa shape index (κ3) is 3.87. The SMILES string of the molecule is CN1CC[C@H](n2cc(Nc3nc(NC4(C)CC4)c4c(=O)n(C)ccc4n3)cn2)[C@H](F)C1. The van der Waals surface area contributed by atoms with Gasteiger partial charge >= 0.3 is 0 Å². The first kappa shape index (κ1) is 19.9. The zero-order chi connectivity index (χ0) is 21.8. The lowest BCUT2D eigenvalue weighted by Gasteiger charge is -2.32. The molecule has 9 nitrogen and oxygen atoms in total. The molecule has 5 rings (SSSR count). The third-order valence-corrected chi connectivity index (χ3v) is 6.26. The zero-order valence-electron chi connectivity index (χ0n) is 18.0. The van der Waals surface area contributed by atoms with Crippen molar-refractivity contribution >= 4 is 28.4 Å². The van der Waals surface area contributed by atoms with E-state index in [0.717, 1.165) is 19.4 Å². The largest absolute Gasteiger partial charge is 0.364 e. The monoisotopic (exact) mass is 426 g/mol. The van der Waals surface area contributed by atoms with Crippen molar-refractivity contribution < 1.29 is 4.39 Å². The Labute approximate surface area is 179 Å². The summed E-state index contributed by atoms with van der Waals surface area (Å²) in [5.41, 5.74) is 1.06. The van der Waals surface area contributed by atoms with E-state index in [-0.39, 0.29) is 17.1 Å². The van der Waals surface area contributed by atoms with Crippen LogP contribution in [0.1, 0.15) is 32.2 Å². The van der Waals surface area contributed by atoms with Crippen molar-refractivity contribution in [3.05, 3.63) is 35.0 Å². The molecule has 31 heavy (non-hydrogen) atoms. The molecular weight excluding hydrogens is 399 g/mol. The van der Waals surface area contributed by atoms with Gasteiger partial charge < -0.3 is 20.1 Å². The van der Waals surface area contributed by atoms with Gasteiger partial charge in [0.05, 0.1) is 23.4 Å². The number of hydrogen-bond donors (Lipinski definition) is 2. The van der Waals surface area contributed by atoms with Crippen LogP contribution in [0.4, 0.5) is 21.8 Å². The van der Waals surface area contributed by atoms with E-state index in [1.807, 2.05) is 11.9 Å². The Morgan fingerprint density at radius 2 is 2.06 bits per heavy atom. The molecule has 0 unspecified atom stereocenters. The second kappa shape index (κ2) is 7.30. The van der Waals surface area contributed by atoms with Crippen LogP contribution in [0.5, 0.6) is 0 Å². The molecule has 1 aliphatic heterocycles. The van der Waals surface area contributed by atoms with Gasteiger partial charge in [0.25, 0.3) is 5.56 Å². The lowest BCUT2D eigenvalue weighted by atomic mass is 10.0. The highest BCUT2D eigenvalue weighted by atomic mass is 19.1. The maximum Gasteiger partial charge on any atom is 0.263 e. The summed E-state index contributed by atoms with van der Waals surface area (Å²) < 4.78 is 17.7. The van der Waals surface area contributed by atoms with E-state index in [1.165, 1.54) is 4.57 Å². The number of hydrogen-bond acceptors (Lipinski definition) is 7. The van der Waals surface area contributed by atoms with Crippen LogP contribution in [0.15, 0.2) is 29.5 Å². The average molecular weight is 427 g/mol. The van der Waals surface area contributed by atoms with Crippen LogP contribution < -0.4 is 16.2 Å². The molecule has 1 saturated heterocycles. The van der Waals surface area contributed by atoms with Crippen molar-refractivity contribution in [2.24, 2.45) is 7.05 Å². The van der Waals surface area contributed by atoms with Gasteiger partial charge in [-0.25, -0.2) is 9.37 Å². The van der Waals surface area contributed by atoms with Crippen LogP contribution in [0.25, 0.3) is 10.9 Å². The van der Waals surface area contributed by atoms with Crippen molar-refractivity contribution in [2.75, 3.05) is 30.8 Å². The number of halogens is 1. The predicted molar refractivity (Wildman–Crippen MR) is 118 cm³/mol. The lowest BCUT2D eigenvalue weighted by Crippen LogP contribution is -2.40. The van der Waals surface area contributed by atoms with Gasteiger partial charge in [0.1, 0.15) is 17.4 Å². The summed E-state index contributed by atoms with van der Waals surface area (Å²) in [5.74, 6) is 0.896. The van der Waals surface area contributed by atoms with E-state index >= 15 is 0 Å². The number of anilines is 3. The zero-order valence-corrected chi connectivity index (χ0v) is 18.0. The minimum absolute atomic E-state index is 0.0471. The predicted octanol–water partition coefficient (Wildman–Crippen LogP) is 2.45. The van der Waals surface area contributed by atoms with Crippen LogP contribution in [-0.2, 0) is 7.05 Å². The molecule has 2 fully saturated rings. The second-order valence-electron chi connectivity index (χ2n) is 9.04. The van der Waals surface area contributed by atoms with Crippen LogP contribution in [0.2, 0.25) is 0 Å². The van der Waals surface area contributed by atoms with Gasteiger partial charge in [-0.2, -0.15) is 10.1 Å². The Balaban J connectivity index is 1.45. The third-order valence-electron chi connectivity index (χ3n) is 6.26. The van der Waals surface area contributed by atoms with Gasteiger partial charge in [0.2, 0.25) is 5.95 Å². The second-order valence-corrected chi connectivity index (χ2v) is 9.04. The van der Waals surface area contributed by atoms with Crippen LogP contribution >= 0.6 is 0 Å². The molecule has 2 N–H and O–H groups in total. The fourth-order valence-corrected chi connectivity index (χ4v) is 4.04. The summed E-state index contributed by atoms with van der Waals surface area (Å²) in [4.78, 5) is 23.9. The van der Waals surface area contributed by atoms with E-state index in [1.54, 1.807) is 36.4 Å². The number of alkyl halides is 1. The highest BCUT2D eigenvalue weighted by Gasteiger charge is 2.38. The van der Waals surface area contributed by atoms with Crippen molar-refractivity contribution in [1.82, 2.24) is 29.2 Å². The Hall–Kier alpha value is -3.01. The average Bonchev–Trinajstić information content (AvgIpc) is 3.26. The quantitative estimate of drug-likeness (QED) is 0.647. The van der Waals surface area contributed by atoms with E-state index in [2.05, 4.69) is 32.6 Å². The lowest BCUT2D eigenvalue weighted by molar-refractivity contribution is 0.101. The summed E-state index contributed by atoms with van der Waals surface area (Å²) in [7, 11) is 3.64. The van der Waals surface area contributed by atoms with E-state index in [4.69, 9.17) is 0 Å². The summed E-state index contributed by atoms with van der Waals surface area (Å²) in [6.45, 7) is 3.36. The summed E-state index contributed by atoms with van der Waals surface area (Å²) in [5, 5.41) is 11.4. The molecule has 0 amide bonds. The molecule has 2 atom stereocenters. The van der Waals surface area contributed by atoms with Gasteiger partial charge in [-0.1, -0.05) is 0 Å². The molecule has 0 radical (unpaired) electrons. The molecule has 3 aromatic heterocycles. The van der Waals surface area contributed by atoms with Crippen molar-refractivity contribution in [3.63, 3.8) is 0 Å². The van der Waals surface area contributed by atoms with Gasteiger partial charge in [0, 0.05) is 38.1 Å². The number of likely N-dealkylation sites (tertiary alicyclic amines) is 1. The number of aromatic nitrogens is 5. The standard InChI is InChI=1S/C21H27FN8O/c1-21(6-7-21)27-18-17-15(4-9-29(3)19(17)31)25-20(26-18)24-13-10-23-30(11-13)16-5-8-28(2)12-14(16)22/h4,9-11,14,16H,5-8,12H2,1-3H3,(H2,24,25,26,27)/t14-,16+/m1/s1. The van der Waals surface area contributed by atoms with Gasteiger partial charge in [0.15, 0.2) is 0 Å². The molecular formula is C21H27FN8O. The van der Waals surface area contributed by atoms with E-state index in [9.17, 15) is 9.18 Å². The minimum Gasteiger partial charge on any atom is -0.364 e. The van der Waals surface area contributed by atoms with Gasteiger partial charge in [-0.05, 0) is 39.3 Å². The fraction of sp³-hybridized carbons (Fsp3) is 0.524. The van der Waals surface area contributed by atoms with E-state index in [0.29, 0.717) is 41.3 Å². The normalized spacial score (nSPS) is 23.1. The summed E-state index contributed by atoms with van der Waals surface area (Å²) in [6, 6.07) is 1.53. The molecule has 0 bridgehead atoms. The Kier molecular flexibility index (Phi) is 4.69. The number of nitrogens with one attached hydrogen (secondary N) is 2. The van der Waals surface area contributed by atoms with Crippen molar-refractivity contribution in [1.29, 1.82) is 0 Å². The topological polar surface area (TPSA) is 92.9 Å². The first-order valence-corrected chi connectivity index (χ1v) is 10.6. The molecule has 2 aliphatic rings. The van der Waals surface area contributed by atoms with Gasteiger partial charge in [-0.15, -0.1) is 0 Å². The minimum atomic E-state index is -0.963. The first-order valence-electron chi connectivity index (χ1n) is 10.6. The van der Waals surface area contributed by atoms with Crippen LogP contribution in [0.3, 0.4) is 0 Å². The maximum atomic E-state index is 14.5. The molecule has 1 aliphatic carbocycles. The van der Waals surface area contributed by atoms with E-state index < -0.39 is 6.17 Å². The smallest absolute Gasteiger partial charge is 0.263 e. The Morgan fingerprint density at radius 3 is 2.81 bits per heavy atom. The number of rotatable bonds is 5. The van der Waals surface area contributed by atoms with Gasteiger partial charge in [-0.3, -0.25) is 9.48 Å². The molecule has 0 aromatic carbocycles. The first-order chi connectivity index (χ1) is 14.8. The summed E-state index contributed by atoms with van der Waals surface area (Å²) >= 11 is 0. The van der Waals surface area contributed by atoms with Crippen molar-refractivity contribution in [3.8, 4) is 0 Å². The van der Waals surface area contributed by atoms with Crippen molar-refractivity contribution in [2.45, 2.75) is 43.9 Å². The summed E-state index contributed by atoms with van der Waals surface area (Å²) in [6.07, 6.45) is 6.94. The molecule has 164 valence electrons. The maximum absolute atomic E-state index is 14.5. The van der Waals surface area contributed by atoms with Crippen LogP contribution in [0, 0.1) is 0 Å². The number of piperidine rings is 1. The Bertz CT molecular complexity index is 1180.